The quantitative estimate of drug-likeness (QED) is 0.878. The Labute approximate surface area is 110 Å². The fourth-order valence-corrected chi connectivity index (χ4v) is 2.80. The Kier molecular flexibility index (Phi) is 3.76. The highest BCUT2D eigenvalue weighted by molar-refractivity contribution is 9.10. The first kappa shape index (κ1) is 12.9. The number of aliphatic hydroxyl groups excluding tert-OH is 1. The standard InChI is InChI=1S/C13H18BrNO2/c1-15-12(13(8-16)5-6-13)10-7-9(14)3-4-11(10)17-2/h3-4,7,12,15-16H,5-6,8H2,1-2H3. The zero-order chi connectivity index (χ0) is 12.5. The van der Waals surface area contributed by atoms with Crippen molar-refractivity contribution in [2.45, 2.75) is 18.9 Å². The van der Waals surface area contributed by atoms with Gasteiger partial charge in [-0.15, -0.1) is 0 Å². The highest BCUT2D eigenvalue weighted by atomic mass is 79.9. The number of methoxy groups -OCH3 is 1. The lowest BCUT2D eigenvalue weighted by atomic mass is 9.90. The van der Waals surface area contributed by atoms with Crippen molar-refractivity contribution >= 4 is 15.9 Å². The van der Waals surface area contributed by atoms with E-state index < -0.39 is 0 Å². The van der Waals surface area contributed by atoms with Crippen molar-refractivity contribution in [2.24, 2.45) is 5.41 Å². The van der Waals surface area contributed by atoms with Gasteiger partial charge in [-0.1, -0.05) is 15.9 Å². The molecule has 1 aliphatic rings. The summed E-state index contributed by atoms with van der Waals surface area (Å²) < 4.78 is 6.44. The molecule has 17 heavy (non-hydrogen) atoms. The molecule has 3 nitrogen and oxygen atoms in total. The Morgan fingerprint density at radius 2 is 2.24 bits per heavy atom. The molecule has 94 valence electrons. The lowest BCUT2D eigenvalue weighted by molar-refractivity contribution is 0.174. The van der Waals surface area contributed by atoms with Gasteiger partial charge in [0, 0.05) is 21.5 Å². The van der Waals surface area contributed by atoms with E-state index in [0.29, 0.717) is 0 Å². The minimum absolute atomic E-state index is 0.0111. The van der Waals surface area contributed by atoms with Gasteiger partial charge in [0.25, 0.3) is 0 Å². The van der Waals surface area contributed by atoms with Gasteiger partial charge in [0.05, 0.1) is 13.7 Å². The molecule has 0 aromatic heterocycles. The number of hydrogen-bond donors (Lipinski definition) is 2. The molecular formula is C13H18BrNO2. The summed E-state index contributed by atoms with van der Waals surface area (Å²) in [6.07, 6.45) is 2.12. The summed E-state index contributed by atoms with van der Waals surface area (Å²) in [7, 11) is 3.61. The third kappa shape index (κ3) is 2.34. The predicted molar refractivity (Wildman–Crippen MR) is 71.2 cm³/mol. The van der Waals surface area contributed by atoms with Crippen molar-refractivity contribution < 1.29 is 9.84 Å². The molecule has 1 aliphatic carbocycles. The van der Waals surface area contributed by atoms with Crippen LogP contribution in [0.5, 0.6) is 5.75 Å². The van der Waals surface area contributed by atoms with Gasteiger partial charge in [0.1, 0.15) is 5.75 Å². The second kappa shape index (κ2) is 4.96. The lowest BCUT2D eigenvalue weighted by Crippen LogP contribution is -2.29. The molecule has 2 N–H and O–H groups in total. The van der Waals surface area contributed by atoms with Crippen LogP contribution in [0.1, 0.15) is 24.4 Å². The lowest BCUT2D eigenvalue weighted by Gasteiger charge is -2.27. The highest BCUT2D eigenvalue weighted by Crippen LogP contribution is 2.55. The Hall–Kier alpha value is -0.580. The molecule has 0 aliphatic heterocycles. The van der Waals surface area contributed by atoms with E-state index in [-0.39, 0.29) is 18.1 Å². The van der Waals surface area contributed by atoms with Gasteiger partial charge < -0.3 is 15.2 Å². The van der Waals surface area contributed by atoms with Crippen LogP contribution in [0.3, 0.4) is 0 Å². The Morgan fingerprint density at radius 3 is 2.71 bits per heavy atom. The van der Waals surface area contributed by atoms with Crippen molar-refractivity contribution in [1.29, 1.82) is 0 Å². The van der Waals surface area contributed by atoms with E-state index in [4.69, 9.17) is 4.74 Å². The number of aliphatic hydroxyl groups is 1. The first-order valence-electron chi connectivity index (χ1n) is 5.78. The van der Waals surface area contributed by atoms with Gasteiger partial charge in [0.2, 0.25) is 0 Å². The maximum Gasteiger partial charge on any atom is 0.123 e. The number of benzene rings is 1. The summed E-state index contributed by atoms with van der Waals surface area (Å²) in [6, 6.07) is 6.13. The summed E-state index contributed by atoms with van der Waals surface area (Å²) in [5.74, 6) is 0.868. The predicted octanol–water partition coefficient (Wildman–Crippen LogP) is 2.49. The van der Waals surface area contributed by atoms with Crippen LogP contribution >= 0.6 is 15.9 Å². The molecular weight excluding hydrogens is 282 g/mol. The van der Waals surface area contributed by atoms with E-state index in [9.17, 15) is 5.11 Å². The van der Waals surface area contributed by atoms with Crippen molar-refractivity contribution in [2.75, 3.05) is 20.8 Å². The van der Waals surface area contributed by atoms with Gasteiger partial charge in [-0.2, -0.15) is 0 Å². The summed E-state index contributed by atoms with van der Waals surface area (Å²) in [4.78, 5) is 0. The molecule has 0 saturated heterocycles. The number of halogens is 1. The van der Waals surface area contributed by atoms with Crippen LogP contribution in [0.2, 0.25) is 0 Å². The van der Waals surface area contributed by atoms with E-state index in [1.54, 1.807) is 7.11 Å². The maximum absolute atomic E-state index is 9.56. The van der Waals surface area contributed by atoms with Crippen LogP contribution in [0.15, 0.2) is 22.7 Å². The molecule has 0 spiro atoms. The van der Waals surface area contributed by atoms with Crippen molar-refractivity contribution in [3.8, 4) is 5.75 Å². The van der Waals surface area contributed by atoms with Crippen molar-refractivity contribution in [3.05, 3.63) is 28.2 Å². The van der Waals surface area contributed by atoms with Gasteiger partial charge in [0.15, 0.2) is 0 Å². The van der Waals surface area contributed by atoms with Gasteiger partial charge in [-0.25, -0.2) is 0 Å². The minimum atomic E-state index is -0.0111. The Bertz CT molecular complexity index is 404. The van der Waals surface area contributed by atoms with Crippen LogP contribution in [-0.4, -0.2) is 25.9 Å². The number of rotatable bonds is 5. The molecule has 1 aromatic carbocycles. The van der Waals surface area contributed by atoms with Crippen LogP contribution in [0.4, 0.5) is 0 Å². The monoisotopic (exact) mass is 299 g/mol. The number of hydrogen-bond acceptors (Lipinski definition) is 3. The van der Waals surface area contributed by atoms with Crippen LogP contribution in [0, 0.1) is 5.41 Å². The van der Waals surface area contributed by atoms with E-state index in [2.05, 4.69) is 27.3 Å². The van der Waals surface area contributed by atoms with E-state index in [0.717, 1.165) is 28.6 Å². The van der Waals surface area contributed by atoms with E-state index in [1.165, 1.54) is 0 Å². The minimum Gasteiger partial charge on any atom is -0.496 e. The SMILES string of the molecule is CNC(c1cc(Br)ccc1OC)C1(CO)CC1. The highest BCUT2D eigenvalue weighted by Gasteiger charge is 2.49. The molecule has 0 heterocycles. The summed E-state index contributed by atoms with van der Waals surface area (Å²) >= 11 is 3.49. The van der Waals surface area contributed by atoms with Gasteiger partial charge in [-0.3, -0.25) is 0 Å². The Morgan fingerprint density at radius 1 is 1.53 bits per heavy atom. The summed E-state index contributed by atoms with van der Waals surface area (Å²) in [5.41, 5.74) is 1.10. The fourth-order valence-electron chi connectivity index (χ4n) is 2.42. The first-order chi connectivity index (χ1) is 8.16. The second-order valence-electron chi connectivity index (χ2n) is 4.63. The molecule has 1 saturated carbocycles. The zero-order valence-electron chi connectivity index (χ0n) is 10.2. The molecule has 1 fully saturated rings. The normalized spacial score (nSPS) is 18.8. The molecule has 1 aromatic rings. The first-order valence-corrected chi connectivity index (χ1v) is 6.58. The largest absolute Gasteiger partial charge is 0.496 e. The van der Waals surface area contributed by atoms with Crippen LogP contribution < -0.4 is 10.1 Å². The molecule has 1 atom stereocenters. The smallest absolute Gasteiger partial charge is 0.123 e. The van der Waals surface area contributed by atoms with E-state index >= 15 is 0 Å². The molecule has 0 amide bonds. The second-order valence-corrected chi connectivity index (χ2v) is 5.54. The van der Waals surface area contributed by atoms with Gasteiger partial charge >= 0.3 is 0 Å². The number of nitrogens with one attached hydrogen (secondary N) is 1. The maximum atomic E-state index is 9.56. The molecule has 0 bridgehead atoms. The third-order valence-corrected chi connectivity index (χ3v) is 4.10. The van der Waals surface area contributed by atoms with Gasteiger partial charge in [-0.05, 0) is 38.1 Å². The molecule has 4 heteroatoms. The molecule has 1 unspecified atom stereocenters. The average Bonchev–Trinajstić information content (AvgIpc) is 3.11. The molecule has 2 rings (SSSR count). The average molecular weight is 300 g/mol. The topological polar surface area (TPSA) is 41.5 Å². The zero-order valence-corrected chi connectivity index (χ0v) is 11.8. The van der Waals surface area contributed by atoms with Crippen LogP contribution in [0.25, 0.3) is 0 Å². The molecule has 0 radical (unpaired) electrons. The summed E-state index contributed by atoms with van der Waals surface area (Å²) in [5, 5.41) is 12.9. The third-order valence-electron chi connectivity index (χ3n) is 3.61. The Balaban J connectivity index is 2.39. The summed E-state index contributed by atoms with van der Waals surface area (Å²) in [6.45, 7) is 0.216. The van der Waals surface area contributed by atoms with Crippen LogP contribution in [-0.2, 0) is 0 Å². The van der Waals surface area contributed by atoms with Crippen molar-refractivity contribution in [1.82, 2.24) is 5.32 Å². The number of ether oxygens (including phenoxy) is 1. The fraction of sp³-hybridized carbons (Fsp3) is 0.538. The van der Waals surface area contributed by atoms with Crippen molar-refractivity contribution in [3.63, 3.8) is 0 Å². The van der Waals surface area contributed by atoms with E-state index in [1.807, 2.05) is 19.2 Å².